The maximum absolute atomic E-state index is 12.8. The maximum Gasteiger partial charge on any atom is 0.251 e. The molecule has 0 saturated carbocycles. The first-order valence-electron chi connectivity index (χ1n) is 10.6. The molecule has 1 atom stereocenters. The van der Waals surface area contributed by atoms with E-state index in [1.807, 2.05) is 44.4 Å². The summed E-state index contributed by atoms with van der Waals surface area (Å²) in [6.07, 6.45) is 5.45. The number of nitrogens with zero attached hydrogens (tertiary/aromatic N) is 5. The van der Waals surface area contributed by atoms with Crippen molar-refractivity contribution >= 4 is 16.8 Å². The minimum Gasteiger partial charge on any atom is -0.375 e. The molecule has 0 bridgehead atoms. The van der Waals surface area contributed by atoms with Gasteiger partial charge in [0.15, 0.2) is 0 Å². The Bertz CT molecular complexity index is 1420. The Morgan fingerprint density at radius 1 is 1.27 bits per heavy atom. The molecule has 0 unspecified atom stereocenters. The van der Waals surface area contributed by atoms with Gasteiger partial charge >= 0.3 is 0 Å². The molecule has 4 heterocycles. The van der Waals surface area contributed by atoms with Crippen molar-refractivity contribution in [3.05, 3.63) is 77.4 Å². The Labute approximate surface area is 190 Å². The molecule has 1 amide bonds. The van der Waals surface area contributed by atoms with Gasteiger partial charge in [-0.25, -0.2) is 4.98 Å². The van der Waals surface area contributed by atoms with Crippen LogP contribution in [0.25, 0.3) is 22.2 Å². The lowest BCUT2D eigenvalue weighted by atomic mass is 9.79. The van der Waals surface area contributed by atoms with E-state index in [2.05, 4.69) is 21.5 Å². The molecular weight excluding hydrogens is 416 g/mol. The van der Waals surface area contributed by atoms with Crippen molar-refractivity contribution in [2.45, 2.75) is 25.5 Å². The molecule has 8 heteroatoms. The normalized spacial score (nSPS) is 17.4. The zero-order chi connectivity index (χ0) is 23.0. The second-order valence-corrected chi connectivity index (χ2v) is 8.46. The number of hydrogen-bond acceptors (Lipinski definition) is 6. The van der Waals surface area contributed by atoms with Crippen LogP contribution in [0.2, 0.25) is 0 Å². The average molecular weight is 438 g/mol. The maximum atomic E-state index is 12.8. The fourth-order valence-corrected chi connectivity index (χ4v) is 4.03. The van der Waals surface area contributed by atoms with Gasteiger partial charge in [-0.3, -0.25) is 14.5 Å². The summed E-state index contributed by atoms with van der Waals surface area (Å²) in [5.41, 5.74) is 4.81. The van der Waals surface area contributed by atoms with Crippen molar-refractivity contribution in [1.29, 1.82) is 5.26 Å². The summed E-state index contributed by atoms with van der Waals surface area (Å²) in [6, 6.07) is 13.5. The van der Waals surface area contributed by atoms with Gasteiger partial charge in [0.2, 0.25) is 0 Å². The molecule has 0 spiro atoms. The second-order valence-electron chi connectivity index (χ2n) is 8.46. The standard InChI is InChI=1S/C25H22N6O2/c1-25(14-26)15-33-13-18-4-3-16(7-21(18)25)24(32)28-11-20-8-23-17(9-27-20)5-6-22(30-23)19-10-29-31(2)12-19/h3-10,12H,11,13,15H2,1-2H3,(H,28,32)/t25-/m1/s1. The number of aryl methyl sites for hydroxylation is 1. The van der Waals surface area contributed by atoms with Crippen LogP contribution in [0.4, 0.5) is 0 Å². The van der Waals surface area contributed by atoms with Crippen LogP contribution in [0, 0.1) is 11.3 Å². The molecule has 3 aromatic heterocycles. The molecule has 1 aromatic carbocycles. The number of pyridine rings is 2. The molecule has 1 aliphatic rings. The van der Waals surface area contributed by atoms with Crippen LogP contribution >= 0.6 is 0 Å². The van der Waals surface area contributed by atoms with Gasteiger partial charge in [-0.2, -0.15) is 10.4 Å². The molecule has 0 radical (unpaired) electrons. The third-order valence-corrected chi connectivity index (χ3v) is 5.92. The van der Waals surface area contributed by atoms with Gasteiger partial charge in [-0.05, 0) is 48.4 Å². The number of hydrogen-bond donors (Lipinski definition) is 1. The zero-order valence-electron chi connectivity index (χ0n) is 18.4. The van der Waals surface area contributed by atoms with E-state index in [0.29, 0.717) is 24.5 Å². The smallest absolute Gasteiger partial charge is 0.251 e. The average Bonchev–Trinajstić information content (AvgIpc) is 3.28. The van der Waals surface area contributed by atoms with Gasteiger partial charge < -0.3 is 10.1 Å². The number of benzene rings is 1. The molecular formula is C25H22N6O2. The number of nitriles is 1. The molecule has 8 nitrogen and oxygen atoms in total. The largest absolute Gasteiger partial charge is 0.375 e. The molecule has 33 heavy (non-hydrogen) atoms. The number of carbonyl (C=O) groups is 1. The molecule has 5 rings (SSSR count). The van der Waals surface area contributed by atoms with Crippen LogP contribution in [0.3, 0.4) is 0 Å². The van der Waals surface area contributed by atoms with Crippen LogP contribution in [0.1, 0.15) is 34.1 Å². The van der Waals surface area contributed by atoms with Gasteiger partial charge in [-0.1, -0.05) is 6.07 Å². The zero-order valence-corrected chi connectivity index (χ0v) is 18.4. The first-order valence-corrected chi connectivity index (χ1v) is 10.6. The summed E-state index contributed by atoms with van der Waals surface area (Å²) < 4.78 is 7.28. The van der Waals surface area contributed by atoms with Crippen molar-refractivity contribution < 1.29 is 9.53 Å². The lowest BCUT2D eigenvalue weighted by Crippen LogP contribution is -2.33. The molecule has 1 aliphatic heterocycles. The number of ether oxygens (including phenoxy) is 1. The Morgan fingerprint density at radius 2 is 2.15 bits per heavy atom. The van der Waals surface area contributed by atoms with E-state index in [-0.39, 0.29) is 12.5 Å². The van der Waals surface area contributed by atoms with Crippen LogP contribution < -0.4 is 5.32 Å². The molecule has 4 aromatic rings. The van der Waals surface area contributed by atoms with Crippen LogP contribution in [-0.4, -0.2) is 32.3 Å². The predicted octanol–water partition coefficient (Wildman–Crippen LogP) is 3.27. The molecule has 0 fully saturated rings. The summed E-state index contributed by atoms with van der Waals surface area (Å²) in [4.78, 5) is 22.0. The fourth-order valence-electron chi connectivity index (χ4n) is 4.03. The summed E-state index contributed by atoms with van der Waals surface area (Å²) in [6.45, 7) is 2.86. The van der Waals surface area contributed by atoms with E-state index in [0.717, 1.165) is 33.3 Å². The first-order chi connectivity index (χ1) is 15.9. The van der Waals surface area contributed by atoms with E-state index >= 15 is 0 Å². The Hall–Kier alpha value is -4.09. The predicted molar refractivity (Wildman–Crippen MR) is 122 cm³/mol. The van der Waals surface area contributed by atoms with Gasteiger partial charge in [-0.15, -0.1) is 0 Å². The van der Waals surface area contributed by atoms with E-state index in [1.54, 1.807) is 29.2 Å². The highest BCUT2D eigenvalue weighted by atomic mass is 16.5. The third-order valence-electron chi connectivity index (χ3n) is 5.92. The van der Waals surface area contributed by atoms with Crippen molar-refractivity contribution in [3.63, 3.8) is 0 Å². The Morgan fingerprint density at radius 3 is 2.94 bits per heavy atom. The number of nitrogens with one attached hydrogen (secondary N) is 1. The SMILES string of the molecule is Cn1cc(-c2ccc3cnc(CNC(=O)c4ccc5c(c4)[C@](C)(C#N)COC5)cc3n2)cn1. The van der Waals surface area contributed by atoms with E-state index < -0.39 is 5.41 Å². The van der Waals surface area contributed by atoms with Crippen molar-refractivity contribution in [1.82, 2.24) is 25.1 Å². The lowest BCUT2D eigenvalue weighted by molar-refractivity contribution is 0.0757. The highest BCUT2D eigenvalue weighted by molar-refractivity contribution is 5.94. The number of aromatic nitrogens is 4. The molecule has 0 saturated heterocycles. The summed E-state index contributed by atoms with van der Waals surface area (Å²) >= 11 is 0. The molecule has 164 valence electrons. The first kappa shape index (κ1) is 20.8. The highest BCUT2D eigenvalue weighted by Gasteiger charge is 2.33. The van der Waals surface area contributed by atoms with E-state index in [1.165, 1.54) is 0 Å². The van der Waals surface area contributed by atoms with Gasteiger partial charge in [0.05, 0.1) is 48.9 Å². The van der Waals surface area contributed by atoms with Crippen molar-refractivity contribution in [3.8, 4) is 17.3 Å². The monoisotopic (exact) mass is 438 g/mol. The van der Waals surface area contributed by atoms with Crippen molar-refractivity contribution in [2.75, 3.05) is 6.61 Å². The third kappa shape index (κ3) is 3.95. The van der Waals surface area contributed by atoms with E-state index in [4.69, 9.17) is 9.72 Å². The number of amides is 1. The summed E-state index contributed by atoms with van der Waals surface area (Å²) in [5, 5.41) is 17.7. The minimum atomic E-state index is -0.762. The lowest BCUT2D eigenvalue weighted by Gasteiger charge is -2.30. The van der Waals surface area contributed by atoms with Crippen LogP contribution in [0.5, 0.6) is 0 Å². The second kappa shape index (κ2) is 8.11. The quantitative estimate of drug-likeness (QED) is 0.524. The Balaban J connectivity index is 1.35. The number of fused-ring (bicyclic) bond motifs is 2. The number of rotatable bonds is 4. The summed E-state index contributed by atoms with van der Waals surface area (Å²) in [5.74, 6) is -0.219. The number of carbonyl (C=O) groups excluding carboxylic acids is 1. The van der Waals surface area contributed by atoms with Gasteiger partial charge in [0.1, 0.15) is 5.41 Å². The minimum absolute atomic E-state index is 0.219. The highest BCUT2D eigenvalue weighted by Crippen LogP contribution is 2.32. The van der Waals surface area contributed by atoms with Crippen LogP contribution in [-0.2, 0) is 30.4 Å². The van der Waals surface area contributed by atoms with Gasteiger partial charge in [0, 0.05) is 36.0 Å². The van der Waals surface area contributed by atoms with Gasteiger partial charge in [0.25, 0.3) is 5.91 Å². The molecule has 1 N–H and O–H groups in total. The van der Waals surface area contributed by atoms with Crippen LogP contribution in [0.15, 0.2) is 55.0 Å². The molecule has 0 aliphatic carbocycles. The Kier molecular flexibility index (Phi) is 5.11. The fraction of sp³-hybridized carbons (Fsp3) is 0.240. The topological polar surface area (TPSA) is 106 Å². The summed E-state index contributed by atoms with van der Waals surface area (Å²) in [7, 11) is 1.87. The van der Waals surface area contributed by atoms with E-state index in [9.17, 15) is 10.1 Å². The van der Waals surface area contributed by atoms with Crippen molar-refractivity contribution in [2.24, 2.45) is 7.05 Å².